The molecular weight excluding hydrogens is 172 g/mol. The zero-order valence-corrected chi connectivity index (χ0v) is 8.33. The molecule has 0 radical (unpaired) electrons. The largest absolute Gasteiger partial charge is 0.462 e. The van der Waals surface area contributed by atoms with E-state index in [0.29, 0.717) is 6.42 Å². The molecule has 0 heterocycles. The molecule has 0 saturated carbocycles. The SMILES string of the molecule is CCC(=O)OCCOC(=O)C(C)C. The van der Waals surface area contributed by atoms with Gasteiger partial charge >= 0.3 is 11.9 Å². The van der Waals surface area contributed by atoms with Crippen molar-refractivity contribution in [2.75, 3.05) is 13.2 Å². The lowest BCUT2D eigenvalue weighted by Gasteiger charge is -2.06. The Morgan fingerprint density at radius 2 is 1.69 bits per heavy atom. The fourth-order valence-electron chi connectivity index (χ4n) is 0.566. The second-order valence-electron chi connectivity index (χ2n) is 2.90. The maximum absolute atomic E-state index is 10.9. The van der Waals surface area contributed by atoms with E-state index in [1.54, 1.807) is 20.8 Å². The van der Waals surface area contributed by atoms with Crippen LogP contribution in [0.25, 0.3) is 0 Å². The molecule has 0 aromatic rings. The number of hydrogen-bond donors (Lipinski definition) is 0. The fraction of sp³-hybridized carbons (Fsp3) is 0.778. The Balaban J connectivity index is 3.36. The molecule has 0 saturated heterocycles. The smallest absolute Gasteiger partial charge is 0.308 e. The second kappa shape index (κ2) is 6.46. The van der Waals surface area contributed by atoms with Gasteiger partial charge in [0.05, 0.1) is 5.92 Å². The van der Waals surface area contributed by atoms with Crippen LogP contribution >= 0.6 is 0 Å². The maximum atomic E-state index is 10.9. The number of hydrogen-bond acceptors (Lipinski definition) is 4. The Labute approximate surface area is 78.2 Å². The Morgan fingerprint density at radius 1 is 1.15 bits per heavy atom. The zero-order valence-electron chi connectivity index (χ0n) is 8.33. The summed E-state index contributed by atoms with van der Waals surface area (Å²) in [4.78, 5) is 21.5. The van der Waals surface area contributed by atoms with Gasteiger partial charge in [-0.05, 0) is 0 Å². The maximum Gasteiger partial charge on any atom is 0.308 e. The summed E-state index contributed by atoms with van der Waals surface area (Å²) in [7, 11) is 0. The van der Waals surface area contributed by atoms with Gasteiger partial charge < -0.3 is 9.47 Å². The summed E-state index contributed by atoms with van der Waals surface area (Å²) in [5, 5.41) is 0. The van der Waals surface area contributed by atoms with E-state index in [0.717, 1.165) is 0 Å². The molecule has 4 heteroatoms. The van der Waals surface area contributed by atoms with Crippen molar-refractivity contribution in [3.8, 4) is 0 Å². The minimum Gasteiger partial charge on any atom is -0.462 e. The first kappa shape index (κ1) is 11.9. The first-order valence-electron chi connectivity index (χ1n) is 4.40. The first-order chi connectivity index (χ1) is 6.07. The molecule has 13 heavy (non-hydrogen) atoms. The fourth-order valence-corrected chi connectivity index (χ4v) is 0.566. The summed E-state index contributed by atoms with van der Waals surface area (Å²) in [6.07, 6.45) is 0.345. The lowest BCUT2D eigenvalue weighted by molar-refractivity contribution is -0.154. The average molecular weight is 188 g/mol. The number of rotatable bonds is 5. The van der Waals surface area contributed by atoms with Gasteiger partial charge in [-0.25, -0.2) is 0 Å². The molecule has 0 fully saturated rings. The highest BCUT2D eigenvalue weighted by Gasteiger charge is 2.07. The Kier molecular flexibility index (Phi) is 5.93. The van der Waals surface area contributed by atoms with E-state index in [2.05, 4.69) is 0 Å². The summed E-state index contributed by atoms with van der Waals surface area (Å²) in [6.45, 7) is 5.50. The summed E-state index contributed by atoms with van der Waals surface area (Å²) in [5.74, 6) is -0.685. The molecular formula is C9H16O4. The van der Waals surface area contributed by atoms with Gasteiger partial charge in [0.1, 0.15) is 13.2 Å². The minimum atomic E-state index is -0.277. The van der Waals surface area contributed by atoms with Gasteiger partial charge in [0.15, 0.2) is 0 Å². The van der Waals surface area contributed by atoms with E-state index in [4.69, 9.17) is 9.47 Å². The molecule has 0 bridgehead atoms. The van der Waals surface area contributed by atoms with Gasteiger partial charge in [0.2, 0.25) is 0 Å². The normalized spacial score (nSPS) is 9.85. The van der Waals surface area contributed by atoms with E-state index in [1.165, 1.54) is 0 Å². The predicted molar refractivity (Wildman–Crippen MR) is 47.0 cm³/mol. The van der Waals surface area contributed by atoms with Crippen LogP contribution in [0.1, 0.15) is 27.2 Å². The quantitative estimate of drug-likeness (QED) is 0.479. The molecule has 0 unspecified atom stereocenters. The van der Waals surface area contributed by atoms with Crippen LogP contribution in [0, 0.1) is 5.92 Å². The van der Waals surface area contributed by atoms with Crippen LogP contribution in [-0.2, 0) is 19.1 Å². The van der Waals surface area contributed by atoms with E-state index >= 15 is 0 Å². The highest BCUT2D eigenvalue weighted by atomic mass is 16.6. The van der Waals surface area contributed by atoms with Crippen molar-refractivity contribution < 1.29 is 19.1 Å². The molecule has 0 aromatic carbocycles. The number of ether oxygens (including phenoxy) is 2. The number of carbonyl (C=O) groups is 2. The van der Waals surface area contributed by atoms with Crippen LogP contribution in [0.2, 0.25) is 0 Å². The zero-order chi connectivity index (χ0) is 10.3. The van der Waals surface area contributed by atoms with E-state index in [1.807, 2.05) is 0 Å². The average Bonchev–Trinajstić information content (AvgIpc) is 2.11. The summed E-state index contributed by atoms with van der Waals surface area (Å²) >= 11 is 0. The van der Waals surface area contributed by atoms with Crippen molar-refractivity contribution in [2.45, 2.75) is 27.2 Å². The van der Waals surface area contributed by atoms with Crippen LogP contribution in [0.4, 0.5) is 0 Å². The van der Waals surface area contributed by atoms with Gasteiger partial charge in [-0.2, -0.15) is 0 Å². The molecule has 0 atom stereocenters. The van der Waals surface area contributed by atoms with Gasteiger partial charge in [-0.15, -0.1) is 0 Å². The van der Waals surface area contributed by atoms with Gasteiger partial charge in [-0.1, -0.05) is 20.8 Å². The molecule has 0 aliphatic rings. The number of esters is 2. The van der Waals surface area contributed by atoms with E-state index in [9.17, 15) is 9.59 Å². The summed E-state index contributed by atoms with van der Waals surface area (Å²) in [5.41, 5.74) is 0. The van der Waals surface area contributed by atoms with Crippen molar-refractivity contribution in [1.29, 1.82) is 0 Å². The van der Waals surface area contributed by atoms with E-state index < -0.39 is 0 Å². The van der Waals surface area contributed by atoms with Crippen LogP contribution in [-0.4, -0.2) is 25.2 Å². The summed E-state index contributed by atoms with van der Waals surface area (Å²) in [6, 6.07) is 0. The Morgan fingerprint density at radius 3 is 2.15 bits per heavy atom. The van der Waals surface area contributed by atoms with Crippen LogP contribution in [0.5, 0.6) is 0 Å². The lowest BCUT2D eigenvalue weighted by Crippen LogP contribution is -2.16. The lowest BCUT2D eigenvalue weighted by atomic mass is 10.2. The first-order valence-corrected chi connectivity index (χ1v) is 4.40. The van der Waals surface area contributed by atoms with Crippen molar-refractivity contribution in [3.05, 3.63) is 0 Å². The van der Waals surface area contributed by atoms with Crippen molar-refractivity contribution in [2.24, 2.45) is 5.92 Å². The molecule has 0 aromatic heterocycles. The van der Waals surface area contributed by atoms with Gasteiger partial charge in [0, 0.05) is 6.42 Å². The Hall–Kier alpha value is -1.06. The summed E-state index contributed by atoms with van der Waals surface area (Å²) < 4.78 is 9.49. The van der Waals surface area contributed by atoms with Crippen molar-refractivity contribution >= 4 is 11.9 Å². The predicted octanol–water partition coefficient (Wildman–Crippen LogP) is 1.14. The molecule has 0 amide bonds. The monoisotopic (exact) mass is 188 g/mol. The molecule has 0 spiro atoms. The second-order valence-corrected chi connectivity index (χ2v) is 2.90. The number of carbonyl (C=O) groups excluding carboxylic acids is 2. The van der Waals surface area contributed by atoms with E-state index in [-0.39, 0.29) is 31.1 Å². The topological polar surface area (TPSA) is 52.6 Å². The van der Waals surface area contributed by atoms with Crippen LogP contribution in [0.15, 0.2) is 0 Å². The minimum absolute atomic E-state index is 0.137. The third-order valence-electron chi connectivity index (χ3n) is 1.35. The third-order valence-corrected chi connectivity index (χ3v) is 1.35. The highest BCUT2D eigenvalue weighted by molar-refractivity contribution is 5.71. The molecule has 4 nitrogen and oxygen atoms in total. The Bertz CT molecular complexity index is 174. The van der Waals surface area contributed by atoms with Crippen molar-refractivity contribution in [1.82, 2.24) is 0 Å². The van der Waals surface area contributed by atoms with Crippen LogP contribution < -0.4 is 0 Å². The molecule has 0 N–H and O–H groups in total. The highest BCUT2D eigenvalue weighted by Crippen LogP contribution is 1.95. The van der Waals surface area contributed by atoms with Gasteiger partial charge in [0.25, 0.3) is 0 Å². The molecule has 0 aliphatic carbocycles. The van der Waals surface area contributed by atoms with Crippen molar-refractivity contribution in [3.63, 3.8) is 0 Å². The molecule has 0 rings (SSSR count). The molecule has 76 valence electrons. The van der Waals surface area contributed by atoms with Gasteiger partial charge in [-0.3, -0.25) is 9.59 Å². The third kappa shape index (κ3) is 6.13. The standard InChI is InChI=1S/C9H16O4/c1-4-8(10)12-5-6-13-9(11)7(2)3/h7H,4-6H2,1-3H3. The molecule has 0 aliphatic heterocycles. The van der Waals surface area contributed by atoms with Crippen LogP contribution in [0.3, 0.4) is 0 Å².